The SMILES string of the molecule is O=C(Cc1noc2ccccc12)N1CCC(=C2CC2)CC1. The minimum atomic E-state index is 0.161. The van der Waals surface area contributed by atoms with Crippen LogP contribution in [0.25, 0.3) is 11.0 Å². The van der Waals surface area contributed by atoms with Crippen LogP contribution in [0.4, 0.5) is 0 Å². The number of fused-ring (bicyclic) bond motifs is 1. The minimum Gasteiger partial charge on any atom is -0.356 e. The molecule has 2 heterocycles. The fraction of sp³-hybridized carbons (Fsp3) is 0.412. The number of carbonyl (C=O) groups is 1. The van der Waals surface area contributed by atoms with Crippen molar-refractivity contribution in [2.45, 2.75) is 32.1 Å². The van der Waals surface area contributed by atoms with Gasteiger partial charge in [-0.3, -0.25) is 4.79 Å². The number of hydrogen-bond acceptors (Lipinski definition) is 3. The first-order chi connectivity index (χ1) is 10.3. The number of nitrogens with zero attached hydrogens (tertiary/aromatic N) is 2. The second-order valence-corrected chi connectivity index (χ2v) is 5.89. The number of allylic oxidation sites excluding steroid dienone is 1. The van der Waals surface area contributed by atoms with Crippen LogP contribution in [0, 0.1) is 0 Å². The lowest BCUT2D eigenvalue weighted by atomic mass is 10.0. The molecule has 2 aromatic rings. The highest BCUT2D eigenvalue weighted by molar-refractivity contribution is 5.86. The summed E-state index contributed by atoms with van der Waals surface area (Å²) >= 11 is 0. The van der Waals surface area contributed by atoms with Crippen LogP contribution in [0.15, 0.2) is 39.9 Å². The number of carbonyl (C=O) groups excluding carboxylic acids is 1. The molecular formula is C17H18N2O2. The zero-order chi connectivity index (χ0) is 14.2. The third kappa shape index (κ3) is 2.46. The van der Waals surface area contributed by atoms with Gasteiger partial charge >= 0.3 is 0 Å². The molecule has 0 radical (unpaired) electrons. The van der Waals surface area contributed by atoms with Crippen molar-refractivity contribution in [1.29, 1.82) is 0 Å². The van der Waals surface area contributed by atoms with Crippen molar-refractivity contribution >= 4 is 16.9 Å². The number of benzene rings is 1. The van der Waals surface area contributed by atoms with Gasteiger partial charge in [-0.2, -0.15) is 0 Å². The Morgan fingerprint density at radius 3 is 2.57 bits per heavy atom. The Balaban J connectivity index is 1.45. The van der Waals surface area contributed by atoms with Gasteiger partial charge in [-0.1, -0.05) is 28.4 Å². The van der Waals surface area contributed by atoms with Crippen molar-refractivity contribution in [1.82, 2.24) is 10.1 Å². The van der Waals surface area contributed by atoms with Gasteiger partial charge in [0.2, 0.25) is 5.91 Å². The number of piperidine rings is 1. The Morgan fingerprint density at radius 2 is 1.81 bits per heavy atom. The third-order valence-electron chi connectivity index (χ3n) is 4.49. The van der Waals surface area contributed by atoms with Crippen LogP contribution in [-0.4, -0.2) is 29.1 Å². The molecule has 1 aliphatic carbocycles. The highest BCUT2D eigenvalue weighted by atomic mass is 16.5. The summed E-state index contributed by atoms with van der Waals surface area (Å²) in [5.41, 5.74) is 4.75. The predicted octanol–water partition coefficient (Wildman–Crippen LogP) is 3.08. The van der Waals surface area contributed by atoms with Crippen LogP contribution >= 0.6 is 0 Å². The number of para-hydroxylation sites is 1. The lowest BCUT2D eigenvalue weighted by Gasteiger charge is -2.28. The van der Waals surface area contributed by atoms with E-state index in [9.17, 15) is 4.79 Å². The molecule has 1 saturated carbocycles. The molecular weight excluding hydrogens is 264 g/mol. The van der Waals surface area contributed by atoms with E-state index >= 15 is 0 Å². The van der Waals surface area contributed by atoms with E-state index in [1.165, 1.54) is 12.8 Å². The maximum atomic E-state index is 12.4. The van der Waals surface area contributed by atoms with Crippen LogP contribution < -0.4 is 0 Å². The van der Waals surface area contributed by atoms with Crippen molar-refractivity contribution in [2.75, 3.05) is 13.1 Å². The quantitative estimate of drug-likeness (QED) is 0.795. The molecule has 21 heavy (non-hydrogen) atoms. The number of aromatic nitrogens is 1. The zero-order valence-electron chi connectivity index (χ0n) is 12.0. The Hall–Kier alpha value is -2.10. The molecule has 0 bridgehead atoms. The van der Waals surface area contributed by atoms with Crippen LogP contribution in [0.1, 0.15) is 31.4 Å². The monoisotopic (exact) mass is 282 g/mol. The summed E-state index contributed by atoms with van der Waals surface area (Å²) in [4.78, 5) is 14.4. The topological polar surface area (TPSA) is 46.3 Å². The molecule has 1 aromatic heterocycles. The molecule has 4 rings (SSSR count). The highest BCUT2D eigenvalue weighted by Gasteiger charge is 2.25. The van der Waals surface area contributed by atoms with Crippen LogP contribution in [0.3, 0.4) is 0 Å². The smallest absolute Gasteiger partial charge is 0.228 e. The molecule has 108 valence electrons. The first-order valence-corrected chi connectivity index (χ1v) is 7.62. The molecule has 2 fully saturated rings. The Labute approximate surface area is 123 Å². The van der Waals surface area contributed by atoms with Gasteiger partial charge in [-0.15, -0.1) is 0 Å². The van der Waals surface area contributed by atoms with Crippen molar-refractivity contribution in [3.05, 3.63) is 41.1 Å². The maximum Gasteiger partial charge on any atom is 0.228 e. The largest absolute Gasteiger partial charge is 0.356 e. The molecule has 1 aromatic carbocycles. The molecule has 4 heteroatoms. The van der Waals surface area contributed by atoms with Gasteiger partial charge in [0.1, 0.15) is 5.69 Å². The third-order valence-corrected chi connectivity index (χ3v) is 4.49. The van der Waals surface area contributed by atoms with Crippen molar-refractivity contribution < 1.29 is 9.32 Å². The van der Waals surface area contributed by atoms with Crippen molar-refractivity contribution in [3.63, 3.8) is 0 Å². The van der Waals surface area contributed by atoms with Gasteiger partial charge in [0.15, 0.2) is 5.58 Å². The lowest BCUT2D eigenvalue weighted by molar-refractivity contribution is -0.130. The van der Waals surface area contributed by atoms with Gasteiger partial charge in [0.05, 0.1) is 6.42 Å². The van der Waals surface area contributed by atoms with Crippen molar-refractivity contribution in [2.24, 2.45) is 0 Å². The Bertz CT molecular complexity index is 713. The summed E-state index contributed by atoms with van der Waals surface area (Å²) in [5, 5.41) is 5.00. The van der Waals surface area contributed by atoms with E-state index in [4.69, 9.17) is 4.52 Å². The van der Waals surface area contributed by atoms with E-state index < -0.39 is 0 Å². The number of amides is 1. The molecule has 4 nitrogen and oxygen atoms in total. The average molecular weight is 282 g/mol. The molecule has 0 spiro atoms. The van der Waals surface area contributed by atoms with Gasteiger partial charge in [-0.05, 0) is 37.8 Å². The first-order valence-electron chi connectivity index (χ1n) is 7.62. The molecule has 2 aliphatic rings. The molecule has 0 atom stereocenters. The standard InChI is InChI=1S/C17H18N2O2/c20-17(19-9-7-13(8-10-19)12-5-6-12)11-15-14-3-1-2-4-16(14)21-18-15/h1-4H,5-11H2. The summed E-state index contributed by atoms with van der Waals surface area (Å²) < 4.78 is 5.27. The van der Waals surface area contributed by atoms with Gasteiger partial charge in [0, 0.05) is 18.5 Å². The van der Waals surface area contributed by atoms with E-state index in [2.05, 4.69) is 5.16 Å². The zero-order valence-corrected chi connectivity index (χ0v) is 12.0. The van der Waals surface area contributed by atoms with E-state index in [0.29, 0.717) is 6.42 Å². The van der Waals surface area contributed by atoms with E-state index in [-0.39, 0.29) is 5.91 Å². The predicted molar refractivity (Wildman–Crippen MR) is 79.8 cm³/mol. The van der Waals surface area contributed by atoms with Gasteiger partial charge in [0.25, 0.3) is 0 Å². The molecule has 1 aliphatic heterocycles. The lowest BCUT2D eigenvalue weighted by Crippen LogP contribution is -2.37. The summed E-state index contributed by atoms with van der Waals surface area (Å²) in [5.74, 6) is 0.161. The summed E-state index contributed by atoms with van der Waals surface area (Å²) in [6.07, 6.45) is 5.02. The molecule has 1 saturated heterocycles. The first kappa shape index (κ1) is 12.6. The van der Waals surface area contributed by atoms with Crippen LogP contribution in [0.2, 0.25) is 0 Å². The van der Waals surface area contributed by atoms with Gasteiger partial charge < -0.3 is 9.42 Å². The number of likely N-dealkylation sites (tertiary alicyclic amines) is 1. The Morgan fingerprint density at radius 1 is 1.10 bits per heavy atom. The van der Waals surface area contributed by atoms with E-state index in [0.717, 1.165) is 42.6 Å². The number of hydrogen-bond donors (Lipinski definition) is 0. The maximum absolute atomic E-state index is 12.4. The van der Waals surface area contributed by atoms with E-state index in [1.54, 1.807) is 11.1 Å². The van der Waals surface area contributed by atoms with Crippen molar-refractivity contribution in [3.8, 4) is 0 Å². The fourth-order valence-corrected chi connectivity index (χ4v) is 3.12. The minimum absolute atomic E-state index is 0.161. The summed E-state index contributed by atoms with van der Waals surface area (Å²) in [7, 11) is 0. The van der Waals surface area contributed by atoms with E-state index in [1.807, 2.05) is 29.2 Å². The van der Waals surface area contributed by atoms with Crippen LogP contribution in [-0.2, 0) is 11.2 Å². The second-order valence-electron chi connectivity index (χ2n) is 5.89. The molecule has 0 unspecified atom stereocenters. The summed E-state index contributed by atoms with van der Waals surface area (Å²) in [6.45, 7) is 1.71. The normalized spacial score (nSPS) is 18.4. The Kier molecular flexibility index (Phi) is 3.02. The average Bonchev–Trinajstić information content (AvgIpc) is 3.30. The highest BCUT2D eigenvalue weighted by Crippen LogP contribution is 2.36. The summed E-state index contributed by atoms with van der Waals surface area (Å²) in [6, 6.07) is 7.70. The second kappa shape index (κ2) is 5.02. The fourth-order valence-electron chi connectivity index (χ4n) is 3.12. The van der Waals surface area contributed by atoms with Gasteiger partial charge in [-0.25, -0.2) is 0 Å². The molecule has 0 N–H and O–H groups in total. The van der Waals surface area contributed by atoms with Crippen LogP contribution in [0.5, 0.6) is 0 Å². The molecule has 1 amide bonds. The number of rotatable bonds is 2.